The molecule has 0 heterocycles. The Morgan fingerprint density at radius 1 is 0.698 bits per heavy atom. The number of carbonyl (C=O) groups is 4. The van der Waals surface area contributed by atoms with Crippen LogP contribution in [0.5, 0.6) is 11.5 Å². The molecule has 0 atom stereocenters. The molecule has 0 aliphatic rings. The van der Waals surface area contributed by atoms with E-state index >= 15 is 0 Å². The second-order valence-electron chi connectivity index (χ2n) is 8.84. The molecule has 0 aromatic heterocycles. The van der Waals surface area contributed by atoms with Crippen molar-refractivity contribution in [2.45, 2.75) is 45.4 Å². The minimum absolute atomic E-state index is 0.0983. The van der Waals surface area contributed by atoms with Crippen LogP contribution in [0.1, 0.15) is 66.2 Å². The molecule has 0 aliphatic heterocycles. The average molecular weight is 646 g/mol. The molecule has 2 aromatic rings. The number of benzene rings is 2. The van der Waals surface area contributed by atoms with Crippen LogP contribution in [0.4, 0.5) is 0 Å². The number of alkyl halides is 2. The first kappa shape index (κ1) is 40.0. The van der Waals surface area contributed by atoms with Crippen molar-refractivity contribution in [2.24, 2.45) is 0 Å². The van der Waals surface area contributed by atoms with Crippen molar-refractivity contribution in [1.29, 1.82) is 0 Å². The molecule has 0 saturated carbocycles. The number of hydrogen-bond acceptors (Lipinski definition) is 10. The molecule has 0 fully saturated rings. The number of unbranched alkanes of at least 4 members (excludes halogenated alkanes) is 1. The van der Waals surface area contributed by atoms with E-state index < -0.39 is 12.6 Å². The van der Waals surface area contributed by atoms with Crippen molar-refractivity contribution in [1.82, 2.24) is 0 Å². The van der Waals surface area contributed by atoms with E-state index in [1.165, 1.54) is 6.92 Å². The zero-order valence-electron chi connectivity index (χ0n) is 24.7. The van der Waals surface area contributed by atoms with Gasteiger partial charge in [-0.2, -0.15) is 0 Å². The normalized spacial score (nSPS) is 9.91. The van der Waals surface area contributed by atoms with E-state index in [-0.39, 0.29) is 42.3 Å². The molecule has 240 valence electrons. The van der Waals surface area contributed by atoms with Crippen molar-refractivity contribution < 1.29 is 48.3 Å². The van der Waals surface area contributed by atoms with Gasteiger partial charge in [0.2, 0.25) is 0 Å². The van der Waals surface area contributed by atoms with Gasteiger partial charge in [0.05, 0.1) is 18.6 Å². The molecule has 0 radical (unpaired) electrons. The van der Waals surface area contributed by atoms with Gasteiger partial charge in [-0.1, -0.05) is 0 Å². The summed E-state index contributed by atoms with van der Waals surface area (Å²) in [5, 5.41) is 17.4. The van der Waals surface area contributed by atoms with Crippen LogP contribution in [-0.2, 0) is 19.1 Å². The monoisotopic (exact) mass is 644 g/mol. The summed E-state index contributed by atoms with van der Waals surface area (Å²) in [5.41, 5.74) is 0.931. The molecule has 10 nitrogen and oxygen atoms in total. The van der Waals surface area contributed by atoms with Crippen molar-refractivity contribution in [3.05, 3.63) is 59.7 Å². The maximum atomic E-state index is 12.0. The lowest BCUT2D eigenvalue weighted by molar-refractivity contribution is -0.142. The van der Waals surface area contributed by atoms with Gasteiger partial charge < -0.3 is 34.0 Å². The van der Waals surface area contributed by atoms with Crippen LogP contribution in [-0.4, -0.2) is 85.6 Å². The Balaban J connectivity index is 0.000000829. The molecular weight excluding hydrogens is 603 g/mol. The van der Waals surface area contributed by atoms with Gasteiger partial charge in [-0.25, -0.2) is 0 Å². The topological polar surface area (TPSA) is 146 Å². The number of rotatable bonds is 19. The number of ether oxygens (including phenoxy) is 4. The number of aliphatic hydroxyl groups is 2. The number of hydrogen-bond donors (Lipinski definition) is 2. The third-order valence-corrected chi connectivity index (χ3v) is 5.35. The predicted molar refractivity (Wildman–Crippen MR) is 164 cm³/mol. The number of halogens is 2. The van der Waals surface area contributed by atoms with Crippen LogP contribution < -0.4 is 9.47 Å². The van der Waals surface area contributed by atoms with Crippen molar-refractivity contribution in [2.75, 3.05) is 52.1 Å². The first-order valence-electron chi connectivity index (χ1n) is 13.7. The minimum Gasteiger partial charge on any atom is -0.494 e. The van der Waals surface area contributed by atoms with Gasteiger partial charge in [-0.3, -0.25) is 14.4 Å². The lowest BCUT2D eigenvalue weighted by Crippen LogP contribution is -2.14. The highest BCUT2D eigenvalue weighted by molar-refractivity contribution is 6.40. The van der Waals surface area contributed by atoms with Crippen molar-refractivity contribution in [3.63, 3.8) is 0 Å². The Bertz CT molecular complexity index is 1040. The summed E-state index contributed by atoms with van der Waals surface area (Å²) >= 11 is 9.53. The largest absolute Gasteiger partial charge is 0.494 e. The van der Waals surface area contributed by atoms with Crippen molar-refractivity contribution in [3.8, 4) is 11.5 Å². The van der Waals surface area contributed by atoms with E-state index in [0.717, 1.165) is 6.42 Å². The van der Waals surface area contributed by atoms with Gasteiger partial charge in [0.1, 0.15) is 23.9 Å². The van der Waals surface area contributed by atoms with Gasteiger partial charge >= 0.3 is 5.97 Å². The summed E-state index contributed by atoms with van der Waals surface area (Å²) in [7, 11) is 1.64. The molecule has 0 amide bonds. The van der Waals surface area contributed by atoms with Crippen LogP contribution in [0, 0.1) is 0 Å². The average Bonchev–Trinajstić information content (AvgIpc) is 3.01. The number of Topliss-reactive ketones (excluding diaryl/α,β-unsaturated/α-hetero) is 3. The van der Waals surface area contributed by atoms with E-state index in [2.05, 4.69) is 0 Å². The van der Waals surface area contributed by atoms with Gasteiger partial charge in [0, 0.05) is 57.1 Å². The van der Waals surface area contributed by atoms with E-state index in [0.29, 0.717) is 68.1 Å². The van der Waals surface area contributed by atoms with Crippen LogP contribution in [0.15, 0.2) is 48.5 Å². The standard InChI is InChI=1S/C19H26O6.C11H14O4.CH2Cl2/c1-15(20)6-3-4-7-19(22)25-14-18(21)16-8-10-17(11-9-16)24-13-5-12-23-2;12-6-1-7-15-10-4-2-9(3-5-10)11(14)8-13;2-1-3/h8-11H,3-7,12-14H2,1-2H3;2-5,12-13H,1,6-8H2;1H2. The first-order chi connectivity index (χ1) is 20.7. The highest BCUT2D eigenvalue weighted by Gasteiger charge is 2.10. The lowest BCUT2D eigenvalue weighted by Gasteiger charge is -2.07. The second kappa shape index (κ2) is 26.6. The van der Waals surface area contributed by atoms with E-state index in [1.54, 1.807) is 55.6 Å². The zero-order valence-corrected chi connectivity index (χ0v) is 26.2. The number of esters is 1. The number of ketones is 3. The third-order valence-electron chi connectivity index (χ3n) is 5.35. The zero-order chi connectivity index (χ0) is 32.3. The lowest BCUT2D eigenvalue weighted by atomic mass is 10.1. The third kappa shape index (κ3) is 21.3. The fourth-order valence-corrected chi connectivity index (χ4v) is 3.16. The Kier molecular flexibility index (Phi) is 24.7. The summed E-state index contributed by atoms with van der Waals surface area (Å²) in [6.45, 7) is 2.49. The number of carbonyl (C=O) groups excluding carboxylic acids is 4. The Morgan fingerprint density at radius 3 is 1.65 bits per heavy atom. The summed E-state index contributed by atoms with van der Waals surface area (Å²) in [4.78, 5) is 45.4. The maximum Gasteiger partial charge on any atom is 0.306 e. The quantitative estimate of drug-likeness (QED) is 0.0924. The van der Waals surface area contributed by atoms with Gasteiger partial charge in [0.15, 0.2) is 18.2 Å². The van der Waals surface area contributed by atoms with Crippen LogP contribution in [0.3, 0.4) is 0 Å². The molecule has 2 aromatic carbocycles. The van der Waals surface area contributed by atoms with E-state index in [1.807, 2.05) is 0 Å². The fourth-order valence-electron chi connectivity index (χ4n) is 3.16. The summed E-state index contributed by atoms with van der Waals surface area (Å²) in [5.74, 6) is 0.442. The highest BCUT2D eigenvalue weighted by atomic mass is 35.5. The van der Waals surface area contributed by atoms with Gasteiger partial charge in [-0.15, -0.1) is 23.2 Å². The molecule has 2 N–H and O–H groups in total. The predicted octanol–water partition coefficient (Wildman–Crippen LogP) is 5.02. The molecule has 0 unspecified atom stereocenters. The van der Waals surface area contributed by atoms with E-state index in [4.69, 9.17) is 52.4 Å². The summed E-state index contributed by atoms with van der Waals surface area (Å²) in [6, 6.07) is 13.3. The molecule has 43 heavy (non-hydrogen) atoms. The molecule has 2 rings (SSSR count). The molecule has 0 aliphatic carbocycles. The fraction of sp³-hybridized carbons (Fsp3) is 0.484. The van der Waals surface area contributed by atoms with Crippen molar-refractivity contribution >= 4 is 46.5 Å². The smallest absolute Gasteiger partial charge is 0.306 e. The minimum atomic E-state index is -0.481. The highest BCUT2D eigenvalue weighted by Crippen LogP contribution is 2.14. The molecule has 0 bridgehead atoms. The molecule has 12 heteroatoms. The summed E-state index contributed by atoms with van der Waals surface area (Å²) in [6.07, 6.45) is 3.30. The summed E-state index contributed by atoms with van der Waals surface area (Å²) < 4.78 is 20.7. The Morgan fingerprint density at radius 2 is 1.19 bits per heavy atom. The van der Waals surface area contributed by atoms with Gasteiger partial charge in [-0.05, 0) is 68.3 Å². The molecular formula is C31H42Cl2O10. The Labute approximate surface area is 263 Å². The van der Waals surface area contributed by atoms with Crippen LogP contribution >= 0.6 is 23.2 Å². The Hall–Kier alpha value is -3.02. The molecule has 0 saturated heterocycles. The SMILES string of the molecule is COCCCOc1ccc(C(=O)COC(=O)CCCCC(C)=O)cc1.ClCCl.O=C(CO)c1ccc(OCCCO)cc1. The van der Waals surface area contributed by atoms with Crippen LogP contribution in [0.2, 0.25) is 0 Å². The van der Waals surface area contributed by atoms with Gasteiger partial charge in [0.25, 0.3) is 0 Å². The second-order valence-corrected chi connectivity index (χ2v) is 9.65. The maximum absolute atomic E-state index is 12.0. The van der Waals surface area contributed by atoms with Crippen LogP contribution in [0.25, 0.3) is 0 Å². The first-order valence-corrected chi connectivity index (χ1v) is 14.8. The van der Waals surface area contributed by atoms with E-state index in [9.17, 15) is 19.2 Å². The number of methoxy groups -OCH3 is 1. The molecule has 0 spiro atoms. The number of aliphatic hydroxyl groups excluding tert-OH is 2.